The molecule has 3 aliphatic rings. The van der Waals surface area contributed by atoms with Crippen LogP contribution < -0.4 is 10.6 Å². The van der Waals surface area contributed by atoms with Gasteiger partial charge in [-0.15, -0.1) is 0 Å². The largest absolute Gasteiger partial charge is 0.375 e. The monoisotopic (exact) mass is 252 g/mol. The quantitative estimate of drug-likeness (QED) is 0.780. The summed E-state index contributed by atoms with van der Waals surface area (Å²) in [4.78, 5) is 11.8. The van der Waals surface area contributed by atoms with Crippen LogP contribution >= 0.6 is 0 Å². The molecule has 2 atom stereocenters. The maximum absolute atomic E-state index is 11.8. The van der Waals surface area contributed by atoms with Crippen molar-refractivity contribution in [3.05, 3.63) is 0 Å². The zero-order chi connectivity index (χ0) is 12.4. The molecule has 102 valence electrons. The van der Waals surface area contributed by atoms with Crippen LogP contribution in [0.2, 0.25) is 0 Å². The first-order valence-corrected chi connectivity index (χ1v) is 7.45. The van der Waals surface area contributed by atoms with Crippen LogP contribution in [0.1, 0.15) is 51.4 Å². The maximum atomic E-state index is 11.8. The highest BCUT2D eigenvalue weighted by Crippen LogP contribution is 2.40. The van der Waals surface area contributed by atoms with Gasteiger partial charge in [0, 0.05) is 19.2 Å². The van der Waals surface area contributed by atoms with E-state index in [1.54, 1.807) is 0 Å². The van der Waals surface area contributed by atoms with Crippen LogP contribution in [0.25, 0.3) is 0 Å². The molecule has 4 nitrogen and oxygen atoms in total. The molecule has 1 amide bonds. The molecule has 2 aliphatic heterocycles. The first kappa shape index (κ1) is 12.4. The van der Waals surface area contributed by atoms with Crippen LogP contribution in [0.3, 0.4) is 0 Å². The molecule has 2 unspecified atom stereocenters. The van der Waals surface area contributed by atoms with Gasteiger partial charge in [-0.25, -0.2) is 0 Å². The van der Waals surface area contributed by atoms with E-state index in [1.165, 1.54) is 25.7 Å². The number of hydrogen-bond acceptors (Lipinski definition) is 3. The Morgan fingerprint density at radius 2 is 2.06 bits per heavy atom. The van der Waals surface area contributed by atoms with E-state index in [4.69, 9.17) is 4.74 Å². The van der Waals surface area contributed by atoms with Crippen molar-refractivity contribution in [1.82, 2.24) is 10.6 Å². The number of rotatable bonds is 2. The summed E-state index contributed by atoms with van der Waals surface area (Å²) in [6.45, 7) is 1.70. The van der Waals surface area contributed by atoms with Gasteiger partial charge in [0.25, 0.3) is 0 Å². The standard InChI is InChI=1S/C14H24N2O2/c17-13-12(4-3-8-15-13)16-11-5-9-18-14(10-11)6-1-2-7-14/h11-12,16H,1-10H2,(H,15,17). The van der Waals surface area contributed by atoms with Crippen molar-refractivity contribution in [3.63, 3.8) is 0 Å². The number of nitrogens with one attached hydrogen (secondary N) is 2. The van der Waals surface area contributed by atoms with Gasteiger partial charge in [-0.2, -0.15) is 0 Å². The van der Waals surface area contributed by atoms with E-state index in [2.05, 4.69) is 10.6 Å². The van der Waals surface area contributed by atoms with Crippen molar-refractivity contribution in [1.29, 1.82) is 0 Å². The Labute approximate surface area is 109 Å². The van der Waals surface area contributed by atoms with E-state index in [-0.39, 0.29) is 17.6 Å². The molecule has 4 heteroatoms. The van der Waals surface area contributed by atoms with E-state index < -0.39 is 0 Å². The fraction of sp³-hybridized carbons (Fsp3) is 0.929. The summed E-state index contributed by atoms with van der Waals surface area (Å²) >= 11 is 0. The van der Waals surface area contributed by atoms with Crippen LogP contribution in [-0.2, 0) is 9.53 Å². The third kappa shape index (κ3) is 2.54. The van der Waals surface area contributed by atoms with Gasteiger partial charge in [0.2, 0.25) is 5.91 Å². The number of ether oxygens (including phenoxy) is 1. The Kier molecular flexibility index (Phi) is 3.57. The fourth-order valence-electron chi connectivity index (χ4n) is 3.75. The predicted octanol–water partition coefficient (Wildman–Crippen LogP) is 1.35. The van der Waals surface area contributed by atoms with E-state index >= 15 is 0 Å². The molecule has 1 spiro atoms. The zero-order valence-electron chi connectivity index (χ0n) is 11.0. The average molecular weight is 252 g/mol. The third-order valence-corrected chi connectivity index (χ3v) is 4.73. The van der Waals surface area contributed by atoms with Gasteiger partial charge in [-0.05, 0) is 38.5 Å². The Balaban J connectivity index is 1.57. The Morgan fingerprint density at radius 3 is 2.83 bits per heavy atom. The molecule has 0 aromatic carbocycles. The molecule has 0 radical (unpaired) electrons. The van der Waals surface area contributed by atoms with Crippen LogP contribution in [0.15, 0.2) is 0 Å². The molecule has 2 N–H and O–H groups in total. The highest BCUT2D eigenvalue weighted by molar-refractivity contribution is 5.82. The molecule has 1 saturated carbocycles. The fourth-order valence-corrected chi connectivity index (χ4v) is 3.75. The number of piperidine rings is 1. The first-order chi connectivity index (χ1) is 8.77. The minimum atomic E-state index is 0.0281. The van der Waals surface area contributed by atoms with Crippen molar-refractivity contribution in [2.45, 2.75) is 69.1 Å². The van der Waals surface area contributed by atoms with Crippen molar-refractivity contribution < 1.29 is 9.53 Å². The minimum Gasteiger partial charge on any atom is -0.375 e. The molecule has 3 fully saturated rings. The maximum Gasteiger partial charge on any atom is 0.237 e. The van der Waals surface area contributed by atoms with Gasteiger partial charge < -0.3 is 15.4 Å². The highest BCUT2D eigenvalue weighted by atomic mass is 16.5. The van der Waals surface area contributed by atoms with E-state index in [1.807, 2.05) is 0 Å². The van der Waals surface area contributed by atoms with Gasteiger partial charge in [0.15, 0.2) is 0 Å². The van der Waals surface area contributed by atoms with Crippen LogP contribution in [-0.4, -0.2) is 36.7 Å². The summed E-state index contributed by atoms with van der Waals surface area (Å²) in [5, 5.41) is 6.52. The molecule has 0 bridgehead atoms. The minimum absolute atomic E-state index is 0.0281. The highest BCUT2D eigenvalue weighted by Gasteiger charge is 2.40. The summed E-state index contributed by atoms with van der Waals surface area (Å²) in [6, 6.07) is 0.492. The Morgan fingerprint density at radius 1 is 1.22 bits per heavy atom. The number of carbonyl (C=O) groups excluding carboxylic acids is 1. The smallest absolute Gasteiger partial charge is 0.237 e. The number of amides is 1. The second-order valence-electron chi connectivity index (χ2n) is 6.08. The lowest BCUT2D eigenvalue weighted by molar-refractivity contribution is -0.126. The predicted molar refractivity (Wildman–Crippen MR) is 69.3 cm³/mol. The number of carbonyl (C=O) groups is 1. The lowest BCUT2D eigenvalue weighted by Crippen LogP contribution is -2.55. The van der Waals surface area contributed by atoms with Crippen molar-refractivity contribution in [3.8, 4) is 0 Å². The number of hydrogen-bond donors (Lipinski definition) is 2. The Hall–Kier alpha value is -0.610. The summed E-state index contributed by atoms with van der Waals surface area (Å²) in [5.41, 5.74) is 0.140. The average Bonchev–Trinajstić information content (AvgIpc) is 2.80. The van der Waals surface area contributed by atoms with Crippen LogP contribution in [0.4, 0.5) is 0 Å². The normalized spacial score (nSPS) is 35.7. The molecule has 18 heavy (non-hydrogen) atoms. The molecule has 1 aliphatic carbocycles. The van der Waals surface area contributed by atoms with Crippen LogP contribution in [0.5, 0.6) is 0 Å². The van der Waals surface area contributed by atoms with Crippen LogP contribution in [0, 0.1) is 0 Å². The second kappa shape index (κ2) is 5.17. The van der Waals surface area contributed by atoms with Gasteiger partial charge in [-0.3, -0.25) is 4.79 Å². The second-order valence-corrected chi connectivity index (χ2v) is 6.08. The van der Waals surface area contributed by atoms with E-state index in [0.717, 1.165) is 38.8 Å². The summed E-state index contributed by atoms with van der Waals surface area (Å²) in [5.74, 6) is 0.188. The summed E-state index contributed by atoms with van der Waals surface area (Å²) < 4.78 is 6.03. The van der Waals surface area contributed by atoms with Crippen molar-refractivity contribution in [2.75, 3.05) is 13.2 Å². The summed E-state index contributed by atoms with van der Waals surface area (Å²) in [6.07, 6.45) is 9.24. The third-order valence-electron chi connectivity index (χ3n) is 4.73. The molecule has 0 aromatic rings. The lowest BCUT2D eigenvalue weighted by Gasteiger charge is -2.40. The van der Waals surface area contributed by atoms with Gasteiger partial charge in [-0.1, -0.05) is 12.8 Å². The van der Waals surface area contributed by atoms with E-state index in [9.17, 15) is 4.79 Å². The SMILES string of the molecule is O=C1NCCCC1NC1CCOC2(CCCC2)C1. The Bertz CT molecular complexity index is 313. The van der Waals surface area contributed by atoms with Crippen molar-refractivity contribution >= 4 is 5.91 Å². The molecular formula is C14H24N2O2. The molecule has 2 heterocycles. The van der Waals surface area contributed by atoms with Gasteiger partial charge in [0.1, 0.15) is 0 Å². The topological polar surface area (TPSA) is 50.4 Å². The first-order valence-electron chi connectivity index (χ1n) is 7.45. The van der Waals surface area contributed by atoms with Crippen molar-refractivity contribution in [2.24, 2.45) is 0 Å². The zero-order valence-corrected chi connectivity index (χ0v) is 11.0. The van der Waals surface area contributed by atoms with Gasteiger partial charge in [0.05, 0.1) is 11.6 Å². The van der Waals surface area contributed by atoms with Gasteiger partial charge >= 0.3 is 0 Å². The molecule has 0 aromatic heterocycles. The molecule has 2 saturated heterocycles. The lowest BCUT2D eigenvalue weighted by atomic mass is 9.88. The van der Waals surface area contributed by atoms with E-state index in [0.29, 0.717) is 6.04 Å². The summed E-state index contributed by atoms with van der Waals surface area (Å²) in [7, 11) is 0. The molecular weight excluding hydrogens is 228 g/mol. The molecule has 3 rings (SSSR count).